The van der Waals surface area contributed by atoms with Crippen LogP contribution in [-0.4, -0.2) is 30.6 Å². The number of rotatable bonds is 9. The van der Waals surface area contributed by atoms with Gasteiger partial charge in [-0.15, -0.1) is 0 Å². The Balaban J connectivity index is 2.06. The van der Waals surface area contributed by atoms with Gasteiger partial charge in [-0.2, -0.15) is 0 Å². The van der Waals surface area contributed by atoms with Crippen LogP contribution in [0.4, 0.5) is 0 Å². The number of halogens is 1. The number of unbranched alkanes of at least 4 members (excludes halogenated alkanes) is 3. The minimum absolute atomic E-state index is 0.253. The molecule has 120 valence electrons. The van der Waals surface area contributed by atoms with E-state index in [0.29, 0.717) is 0 Å². The molecule has 2 nitrogen and oxygen atoms in total. The van der Waals surface area contributed by atoms with E-state index in [0.717, 1.165) is 13.1 Å². The van der Waals surface area contributed by atoms with Crippen LogP contribution in [0, 0.1) is 0 Å². The molecule has 3 heteroatoms. The van der Waals surface area contributed by atoms with Gasteiger partial charge in [-0.25, -0.2) is 0 Å². The molecule has 0 saturated carbocycles. The lowest BCUT2D eigenvalue weighted by atomic mass is 10.1. The second kappa shape index (κ2) is 9.60. The number of benzene rings is 1. The molecule has 0 aliphatic carbocycles. The second-order valence-electron chi connectivity index (χ2n) is 6.92. The fourth-order valence-corrected chi connectivity index (χ4v) is 2.73. The van der Waals surface area contributed by atoms with Gasteiger partial charge in [-0.1, -0.05) is 47.0 Å². The topological polar surface area (TPSA) is 15.3 Å². The van der Waals surface area contributed by atoms with Gasteiger partial charge in [-0.3, -0.25) is 0 Å². The molecule has 0 aliphatic heterocycles. The molecule has 0 bridgehead atoms. The average Bonchev–Trinajstić information content (AvgIpc) is 2.39. The third-order valence-corrected chi connectivity index (χ3v) is 4.29. The summed E-state index contributed by atoms with van der Waals surface area (Å²) in [5.41, 5.74) is 1.62. The lowest BCUT2D eigenvalue weighted by Gasteiger charge is -2.20. The van der Waals surface area contributed by atoms with Crippen molar-refractivity contribution in [2.75, 3.05) is 20.1 Å². The molecule has 0 amide bonds. The van der Waals surface area contributed by atoms with Crippen molar-refractivity contribution in [3.05, 3.63) is 34.3 Å². The van der Waals surface area contributed by atoms with E-state index in [-0.39, 0.29) is 5.54 Å². The van der Waals surface area contributed by atoms with Gasteiger partial charge >= 0.3 is 0 Å². The summed E-state index contributed by atoms with van der Waals surface area (Å²) in [7, 11) is 2.21. The maximum Gasteiger partial charge on any atom is 0.0241 e. The highest BCUT2D eigenvalue weighted by atomic mass is 79.9. The van der Waals surface area contributed by atoms with E-state index < -0.39 is 0 Å². The first kappa shape index (κ1) is 18.7. The van der Waals surface area contributed by atoms with E-state index in [1.165, 1.54) is 42.3 Å². The average molecular weight is 355 g/mol. The molecule has 0 atom stereocenters. The fraction of sp³-hybridized carbons (Fsp3) is 0.667. The Morgan fingerprint density at radius 3 is 2.38 bits per heavy atom. The minimum atomic E-state index is 0.253. The van der Waals surface area contributed by atoms with Gasteiger partial charge in [0.15, 0.2) is 0 Å². The predicted molar refractivity (Wildman–Crippen MR) is 96.7 cm³/mol. The van der Waals surface area contributed by atoms with Gasteiger partial charge in [0, 0.05) is 16.6 Å². The molecule has 1 rings (SSSR count). The Labute approximate surface area is 139 Å². The zero-order valence-corrected chi connectivity index (χ0v) is 15.7. The van der Waals surface area contributed by atoms with Crippen LogP contribution < -0.4 is 5.32 Å². The first-order valence-electron chi connectivity index (χ1n) is 8.05. The van der Waals surface area contributed by atoms with E-state index in [2.05, 4.69) is 78.2 Å². The second-order valence-corrected chi connectivity index (χ2v) is 7.77. The van der Waals surface area contributed by atoms with Crippen LogP contribution in [0.15, 0.2) is 28.7 Å². The smallest absolute Gasteiger partial charge is 0.0241 e. The Morgan fingerprint density at radius 1 is 1.05 bits per heavy atom. The molecular weight excluding hydrogens is 324 g/mol. The quantitative estimate of drug-likeness (QED) is 0.639. The molecular formula is C18H31BrN2. The summed E-state index contributed by atoms with van der Waals surface area (Å²) in [5.74, 6) is 0. The predicted octanol–water partition coefficient (Wildman–Crippen LogP) is 4.83. The Hall–Kier alpha value is -0.380. The SMILES string of the molecule is CN(CCCCCCNC(C)(C)C)Cc1ccccc1Br. The first-order valence-corrected chi connectivity index (χ1v) is 8.85. The van der Waals surface area contributed by atoms with Crippen LogP contribution in [0.2, 0.25) is 0 Å². The monoisotopic (exact) mass is 354 g/mol. The zero-order valence-electron chi connectivity index (χ0n) is 14.1. The molecule has 0 unspecified atom stereocenters. The molecule has 21 heavy (non-hydrogen) atoms. The highest BCUT2D eigenvalue weighted by Gasteiger charge is 2.07. The number of nitrogens with one attached hydrogen (secondary N) is 1. The van der Waals surface area contributed by atoms with Crippen molar-refractivity contribution in [3.8, 4) is 0 Å². The van der Waals surface area contributed by atoms with E-state index in [1.807, 2.05) is 0 Å². The van der Waals surface area contributed by atoms with E-state index in [9.17, 15) is 0 Å². The van der Waals surface area contributed by atoms with Crippen LogP contribution in [-0.2, 0) is 6.54 Å². The summed E-state index contributed by atoms with van der Waals surface area (Å²) in [6.07, 6.45) is 5.22. The van der Waals surface area contributed by atoms with E-state index >= 15 is 0 Å². The van der Waals surface area contributed by atoms with E-state index in [1.54, 1.807) is 0 Å². The third-order valence-electron chi connectivity index (χ3n) is 3.52. The zero-order chi connectivity index (χ0) is 15.7. The van der Waals surface area contributed by atoms with Crippen LogP contribution in [0.3, 0.4) is 0 Å². The Bertz CT molecular complexity index is 398. The molecule has 0 aromatic heterocycles. The Morgan fingerprint density at radius 2 is 1.71 bits per heavy atom. The van der Waals surface area contributed by atoms with E-state index in [4.69, 9.17) is 0 Å². The third kappa shape index (κ3) is 9.28. The van der Waals surface area contributed by atoms with Crippen molar-refractivity contribution in [2.24, 2.45) is 0 Å². The Kier molecular flexibility index (Phi) is 8.53. The molecule has 0 fully saturated rings. The van der Waals surface area contributed by atoms with Crippen LogP contribution in [0.5, 0.6) is 0 Å². The number of hydrogen-bond acceptors (Lipinski definition) is 2. The van der Waals surface area contributed by atoms with Crippen molar-refractivity contribution in [3.63, 3.8) is 0 Å². The minimum Gasteiger partial charge on any atom is -0.312 e. The maximum absolute atomic E-state index is 3.62. The summed E-state index contributed by atoms with van der Waals surface area (Å²) < 4.78 is 1.21. The van der Waals surface area contributed by atoms with Gasteiger partial charge in [0.2, 0.25) is 0 Å². The highest BCUT2D eigenvalue weighted by Crippen LogP contribution is 2.17. The van der Waals surface area contributed by atoms with Crippen LogP contribution >= 0.6 is 15.9 Å². The molecule has 0 heterocycles. The van der Waals surface area contributed by atoms with Crippen molar-refractivity contribution in [1.29, 1.82) is 0 Å². The summed E-state index contributed by atoms with van der Waals surface area (Å²) in [4.78, 5) is 2.41. The lowest BCUT2D eigenvalue weighted by molar-refractivity contribution is 0.315. The van der Waals surface area contributed by atoms with Crippen LogP contribution in [0.25, 0.3) is 0 Å². The number of nitrogens with zero attached hydrogens (tertiary/aromatic N) is 1. The van der Waals surface area contributed by atoms with Gasteiger partial charge in [0.05, 0.1) is 0 Å². The normalized spacial score (nSPS) is 12.1. The summed E-state index contributed by atoms with van der Waals surface area (Å²) >= 11 is 3.62. The van der Waals surface area contributed by atoms with Gasteiger partial charge in [0.25, 0.3) is 0 Å². The highest BCUT2D eigenvalue weighted by molar-refractivity contribution is 9.10. The van der Waals surface area contributed by atoms with Gasteiger partial charge in [-0.05, 0) is 65.4 Å². The summed E-state index contributed by atoms with van der Waals surface area (Å²) in [5, 5.41) is 3.54. The number of hydrogen-bond donors (Lipinski definition) is 1. The fourth-order valence-electron chi connectivity index (χ4n) is 2.32. The molecule has 0 spiro atoms. The first-order chi connectivity index (χ1) is 9.88. The van der Waals surface area contributed by atoms with Crippen molar-refractivity contribution < 1.29 is 0 Å². The lowest BCUT2D eigenvalue weighted by Crippen LogP contribution is -2.36. The largest absolute Gasteiger partial charge is 0.312 e. The molecule has 0 saturated heterocycles. The molecule has 1 aromatic carbocycles. The maximum atomic E-state index is 3.62. The molecule has 0 aliphatic rings. The standard InChI is InChI=1S/C18H31BrN2/c1-18(2,3)20-13-9-5-6-10-14-21(4)15-16-11-7-8-12-17(16)19/h7-8,11-12,20H,5-6,9-10,13-15H2,1-4H3. The van der Waals surface area contributed by atoms with Crippen molar-refractivity contribution >= 4 is 15.9 Å². The van der Waals surface area contributed by atoms with Gasteiger partial charge in [0.1, 0.15) is 0 Å². The molecule has 1 aromatic rings. The summed E-state index contributed by atoms with van der Waals surface area (Å²) in [6, 6.07) is 8.49. The van der Waals surface area contributed by atoms with Gasteiger partial charge < -0.3 is 10.2 Å². The van der Waals surface area contributed by atoms with Crippen molar-refractivity contribution in [1.82, 2.24) is 10.2 Å². The van der Waals surface area contributed by atoms with Crippen LogP contribution in [0.1, 0.15) is 52.0 Å². The summed E-state index contributed by atoms with van der Waals surface area (Å²) in [6.45, 7) is 10.0. The van der Waals surface area contributed by atoms with Crippen molar-refractivity contribution in [2.45, 2.75) is 58.5 Å². The molecule has 0 radical (unpaired) electrons. The molecule has 1 N–H and O–H groups in total.